The number of pyridine rings is 1. The van der Waals surface area contributed by atoms with Crippen LogP contribution in [0.3, 0.4) is 0 Å². The summed E-state index contributed by atoms with van der Waals surface area (Å²) in [5.74, 6) is 0.983. The SMILES string of the molecule is Cc1cc(C(=O)N2CCCC(n3c(C)cnc3-c3ccncc3)C2)n(C)n1. The largest absolute Gasteiger partial charge is 0.335 e. The van der Waals surface area contributed by atoms with Gasteiger partial charge in [0.1, 0.15) is 11.5 Å². The predicted octanol–water partition coefficient (Wildman–Crippen LogP) is 2.77. The topological polar surface area (TPSA) is 68.8 Å². The summed E-state index contributed by atoms with van der Waals surface area (Å²) in [4.78, 5) is 23.7. The van der Waals surface area contributed by atoms with Crippen molar-refractivity contribution in [2.24, 2.45) is 7.05 Å². The monoisotopic (exact) mass is 364 g/mol. The number of hydrogen-bond acceptors (Lipinski definition) is 4. The predicted molar refractivity (Wildman–Crippen MR) is 102 cm³/mol. The zero-order valence-electron chi connectivity index (χ0n) is 16.0. The second-order valence-electron chi connectivity index (χ2n) is 7.17. The van der Waals surface area contributed by atoms with E-state index in [9.17, 15) is 4.79 Å². The van der Waals surface area contributed by atoms with E-state index in [-0.39, 0.29) is 11.9 Å². The molecule has 140 valence electrons. The molecule has 1 aliphatic rings. The number of hydrogen-bond donors (Lipinski definition) is 0. The Bertz CT molecular complexity index is 958. The van der Waals surface area contributed by atoms with Gasteiger partial charge in [0.05, 0.1) is 11.7 Å². The van der Waals surface area contributed by atoms with Gasteiger partial charge >= 0.3 is 0 Å². The van der Waals surface area contributed by atoms with Gasteiger partial charge < -0.3 is 9.47 Å². The summed E-state index contributed by atoms with van der Waals surface area (Å²) < 4.78 is 3.94. The lowest BCUT2D eigenvalue weighted by molar-refractivity contribution is 0.0668. The molecule has 27 heavy (non-hydrogen) atoms. The summed E-state index contributed by atoms with van der Waals surface area (Å²) in [5, 5.41) is 4.31. The number of aromatic nitrogens is 5. The number of carbonyl (C=O) groups is 1. The summed E-state index contributed by atoms with van der Waals surface area (Å²) in [6.45, 7) is 5.44. The van der Waals surface area contributed by atoms with E-state index in [1.54, 1.807) is 17.1 Å². The number of aryl methyl sites for hydroxylation is 3. The van der Waals surface area contributed by atoms with E-state index in [0.717, 1.165) is 42.2 Å². The van der Waals surface area contributed by atoms with Crippen molar-refractivity contribution in [3.8, 4) is 11.4 Å². The van der Waals surface area contributed by atoms with E-state index in [1.165, 1.54) is 0 Å². The zero-order chi connectivity index (χ0) is 19.0. The lowest BCUT2D eigenvalue weighted by Gasteiger charge is -2.34. The molecule has 4 rings (SSSR count). The summed E-state index contributed by atoms with van der Waals surface area (Å²) in [6.07, 6.45) is 7.47. The van der Waals surface area contributed by atoms with Gasteiger partial charge in [-0.2, -0.15) is 5.10 Å². The molecule has 1 amide bonds. The Morgan fingerprint density at radius 2 is 2.00 bits per heavy atom. The molecule has 4 heterocycles. The fourth-order valence-electron chi connectivity index (χ4n) is 3.94. The number of likely N-dealkylation sites (tertiary alicyclic amines) is 1. The zero-order valence-corrected chi connectivity index (χ0v) is 16.0. The summed E-state index contributed by atoms with van der Waals surface area (Å²) >= 11 is 0. The molecule has 0 aromatic carbocycles. The van der Waals surface area contributed by atoms with E-state index >= 15 is 0 Å². The van der Waals surface area contributed by atoms with Crippen LogP contribution in [0.4, 0.5) is 0 Å². The van der Waals surface area contributed by atoms with E-state index in [2.05, 4.69) is 26.6 Å². The molecule has 3 aromatic heterocycles. The summed E-state index contributed by atoms with van der Waals surface area (Å²) in [6, 6.07) is 6.02. The van der Waals surface area contributed by atoms with Crippen LogP contribution >= 0.6 is 0 Å². The van der Waals surface area contributed by atoms with Crippen molar-refractivity contribution in [3.63, 3.8) is 0 Å². The number of nitrogens with zero attached hydrogens (tertiary/aromatic N) is 6. The third-order valence-corrected chi connectivity index (χ3v) is 5.19. The Hall–Kier alpha value is -2.96. The van der Waals surface area contributed by atoms with Crippen LogP contribution in [0.1, 0.15) is 40.8 Å². The minimum Gasteiger partial charge on any atom is -0.335 e. The Kier molecular flexibility index (Phi) is 4.51. The van der Waals surface area contributed by atoms with Gasteiger partial charge in [0.15, 0.2) is 0 Å². The van der Waals surface area contributed by atoms with Crippen molar-refractivity contribution in [2.45, 2.75) is 32.7 Å². The van der Waals surface area contributed by atoms with E-state index in [4.69, 9.17) is 0 Å². The van der Waals surface area contributed by atoms with E-state index in [1.807, 2.05) is 43.3 Å². The molecule has 1 atom stereocenters. The van der Waals surface area contributed by atoms with Crippen molar-refractivity contribution >= 4 is 5.91 Å². The molecule has 1 aliphatic heterocycles. The molecule has 1 unspecified atom stereocenters. The quantitative estimate of drug-likeness (QED) is 0.717. The highest BCUT2D eigenvalue weighted by atomic mass is 16.2. The second-order valence-corrected chi connectivity index (χ2v) is 7.17. The number of amides is 1. The fraction of sp³-hybridized carbons (Fsp3) is 0.400. The first kappa shape index (κ1) is 17.5. The van der Waals surface area contributed by atoms with Crippen LogP contribution in [-0.2, 0) is 7.05 Å². The molecule has 7 nitrogen and oxygen atoms in total. The summed E-state index contributed by atoms with van der Waals surface area (Å²) in [5.41, 5.74) is 3.66. The lowest BCUT2D eigenvalue weighted by atomic mass is 10.0. The first-order valence-corrected chi connectivity index (χ1v) is 9.28. The van der Waals surface area contributed by atoms with E-state index < -0.39 is 0 Å². The second kappa shape index (κ2) is 6.98. The molecule has 0 radical (unpaired) electrons. The molecule has 1 saturated heterocycles. The Morgan fingerprint density at radius 1 is 1.22 bits per heavy atom. The maximum atomic E-state index is 13.0. The normalized spacial score (nSPS) is 17.3. The molecule has 0 N–H and O–H groups in total. The Morgan fingerprint density at radius 3 is 2.70 bits per heavy atom. The number of piperidine rings is 1. The van der Waals surface area contributed by atoms with Crippen LogP contribution in [0, 0.1) is 13.8 Å². The van der Waals surface area contributed by atoms with Crippen LogP contribution in [-0.4, -0.2) is 48.2 Å². The van der Waals surface area contributed by atoms with Crippen LogP contribution in [0.15, 0.2) is 36.8 Å². The lowest BCUT2D eigenvalue weighted by Crippen LogP contribution is -2.41. The first-order valence-electron chi connectivity index (χ1n) is 9.28. The number of carbonyl (C=O) groups excluding carboxylic acids is 1. The maximum Gasteiger partial charge on any atom is 0.272 e. The van der Waals surface area contributed by atoms with Crippen LogP contribution in [0.2, 0.25) is 0 Å². The molecule has 0 saturated carbocycles. The molecule has 1 fully saturated rings. The number of imidazole rings is 1. The third kappa shape index (κ3) is 3.25. The van der Waals surface area contributed by atoms with Gasteiger partial charge in [-0.25, -0.2) is 4.98 Å². The van der Waals surface area contributed by atoms with Gasteiger partial charge in [-0.1, -0.05) is 0 Å². The van der Waals surface area contributed by atoms with Crippen LogP contribution in [0.5, 0.6) is 0 Å². The van der Waals surface area contributed by atoms with Crippen molar-refractivity contribution < 1.29 is 4.79 Å². The van der Waals surface area contributed by atoms with Crippen molar-refractivity contribution in [1.29, 1.82) is 0 Å². The van der Waals surface area contributed by atoms with Gasteiger partial charge in [0.2, 0.25) is 0 Å². The molecule has 0 aliphatic carbocycles. The summed E-state index contributed by atoms with van der Waals surface area (Å²) in [7, 11) is 1.82. The fourth-order valence-corrected chi connectivity index (χ4v) is 3.94. The standard InChI is InChI=1S/C20H24N6O/c1-14-11-18(24(3)23-14)20(27)25-10-4-5-17(13-25)26-15(2)12-22-19(26)16-6-8-21-9-7-16/h6-9,11-12,17H,4-5,10,13H2,1-3H3. The third-order valence-electron chi connectivity index (χ3n) is 5.19. The molecular weight excluding hydrogens is 340 g/mol. The molecule has 0 bridgehead atoms. The smallest absolute Gasteiger partial charge is 0.272 e. The average molecular weight is 364 g/mol. The van der Waals surface area contributed by atoms with Crippen LogP contribution in [0.25, 0.3) is 11.4 Å². The minimum absolute atomic E-state index is 0.0472. The van der Waals surface area contributed by atoms with Crippen molar-refractivity contribution in [1.82, 2.24) is 29.2 Å². The van der Waals surface area contributed by atoms with Gasteiger partial charge in [0.25, 0.3) is 5.91 Å². The maximum absolute atomic E-state index is 13.0. The van der Waals surface area contributed by atoms with Gasteiger partial charge in [0, 0.05) is 50.0 Å². The van der Waals surface area contributed by atoms with Crippen molar-refractivity contribution in [3.05, 3.63) is 53.9 Å². The van der Waals surface area contributed by atoms with Crippen molar-refractivity contribution in [2.75, 3.05) is 13.1 Å². The van der Waals surface area contributed by atoms with Gasteiger partial charge in [-0.05, 0) is 44.9 Å². The highest BCUT2D eigenvalue weighted by Gasteiger charge is 2.29. The first-order chi connectivity index (χ1) is 13.0. The Labute approximate surface area is 158 Å². The highest BCUT2D eigenvalue weighted by molar-refractivity contribution is 5.92. The number of rotatable bonds is 3. The minimum atomic E-state index is 0.0472. The molecule has 3 aromatic rings. The average Bonchev–Trinajstić information content (AvgIpc) is 3.23. The Balaban J connectivity index is 1.62. The van der Waals surface area contributed by atoms with Gasteiger partial charge in [-0.3, -0.25) is 14.5 Å². The van der Waals surface area contributed by atoms with Gasteiger partial charge in [-0.15, -0.1) is 0 Å². The molecular formula is C20H24N6O. The van der Waals surface area contributed by atoms with E-state index in [0.29, 0.717) is 12.2 Å². The highest BCUT2D eigenvalue weighted by Crippen LogP contribution is 2.29. The van der Waals surface area contributed by atoms with Crippen LogP contribution < -0.4 is 0 Å². The molecule has 0 spiro atoms. The molecule has 7 heteroatoms.